The fourth-order valence-corrected chi connectivity index (χ4v) is 3.63. The van der Waals surface area contributed by atoms with E-state index in [-0.39, 0.29) is 23.9 Å². The zero-order chi connectivity index (χ0) is 20.3. The number of halogens is 1. The van der Waals surface area contributed by atoms with E-state index in [0.717, 1.165) is 23.2 Å². The van der Waals surface area contributed by atoms with Gasteiger partial charge in [-0.15, -0.1) is 0 Å². The molecule has 28 heavy (non-hydrogen) atoms. The molecule has 0 fully saturated rings. The maximum absolute atomic E-state index is 12.9. The second kappa shape index (κ2) is 8.61. The second-order valence-corrected chi connectivity index (χ2v) is 7.56. The Labute approximate surface area is 170 Å². The van der Waals surface area contributed by atoms with Crippen molar-refractivity contribution in [3.63, 3.8) is 0 Å². The molecule has 1 aliphatic heterocycles. The molecule has 1 N–H and O–H groups in total. The van der Waals surface area contributed by atoms with Gasteiger partial charge >= 0.3 is 0 Å². The van der Waals surface area contributed by atoms with Crippen molar-refractivity contribution in [3.05, 3.63) is 76.0 Å². The molecule has 1 atom stereocenters. The SMILES string of the molecule is CCc1cccc(C(C)C)c1NC(=O)C1=CC(=O)C[C@H](c2ccccc2Cl)O1. The predicted octanol–water partition coefficient (Wildman–Crippen LogP) is 5.58. The van der Waals surface area contributed by atoms with Crippen LogP contribution in [0.15, 0.2) is 54.3 Å². The average molecular weight is 398 g/mol. The van der Waals surface area contributed by atoms with E-state index in [1.807, 2.05) is 43.3 Å². The van der Waals surface area contributed by atoms with E-state index in [1.165, 1.54) is 6.08 Å². The van der Waals surface area contributed by atoms with Crippen molar-refractivity contribution in [2.24, 2.45) is 0 Å². The van der Waals surface area contributed by atoms with Gasteiger partial charge in [0.1, 0.15) is 6.10 Å². The molecule has 2 aromatic carbocycles. The molecule has 1 amide bonds. The first kappa shape index (κ1) is 20.2. The smallest absolute Gasteiger partial charge is 0.290 e. The zero-order valence-electron chi connectivity index (χ0n) is 16.3. The number of rotatable bonds is 5. The highest BCUT2D eigenvalue weighted by molar-refractivity contribution is 6.31. The van der Waals surface area contributed by atoms with Crippen LogP contribution in [-0.2, 0) is 20.7 Å². The van der Waals surface area contributed by atoms with Crippen molar-refractivity contribution in [2.75, 3.05) is 5.32 Å². The van der Waals surface area contributed by atoms with Crippen molar-refractivity contribution >= 4 is 29.0 Å². The molecule has 0 aliphatic carbocycles. The number of carbonyl (C=O) groups excluding carboxylic acids is 2. The summed E-state index contributed by atoms with van der Waals surface area (Å²) in [5, 5.41) is 3.49. The number of carbonyl (C=O) groups is 2. The Bertz CT molecular complexity index is 933. The van der Waals surface area contributed by atoms with Crippen molar-refractivity contribution in [1.82, 2.24) is 0 Å². The molecule has 0 bridgehead atoms. The first-order valence-electron chi connectivity index (χ1n) is 9.49. The van der Waals surface area contributed by atoms with E-state index >= 15 is 0 Å². The summed E-state index contributed by atoms with van der Waals surface area (Å²) in [6, 6.07) is 13.2. The molecule has 0 radical (unpaired) electrons. The third kappa shape index (κ3) is 4.28. The quantitative estimate of drug-likeness (QED) is 0.716. The summed E-state index contributed by atoms with van der Waals surface area (Å²) < 4.78 is 5.88. The fourth-order valence-electron chi connectivity index (χ4n) is 3.37. The normalized spacial score (nSPS) is 16.5. The molecule has 5 heteroatoms. The van der Waals surface area contributed by atoms with Gasteiger partial charge in [0.2, 0.25) is 0 Å². The number of benzene rings is 2. The van der Waals surface area contributed by atoms with E-state index in [0.29, 0.717) is 10.6 Å². The van der Waals surface area contributed by atoms with Crippen molar-refractivity contribution in [1.29, 1.82) is 0 Å². The largest absolute Gasteiger partial charge is 0.479 e. The Balaban J connectivity index is 1.87. The highest BCUT2D eigenvalue weighted by Gasteiger charge is 2.29. The van der Waals surface area contributed by atoms with Crippen LogP contribution in [0, 0.1) is 0 Å². The van der Waals surface area contributed by atoms with Crippen molar-refractivity contribution < 1.29 is 14.3 Å². The van der Waals surface area contributed by atoms with E-state index < -0.39 is 12.0 Å². The van der Waals surface area contributed by atoms with Crippen molar-refractivity contribution in [2.45, 2.75) is 45.6 Å². The number of hydrogen-bond donors (Lipinski definition) is 1. The monoisotopic (exact) mass is 397 g/mol. The van der Waals surface area contributed by atoms with Gasteiger partial charge in [0, 0.05) is 22.3 Å². The number of aryl methyl sites for hydroxylation is 1. The number of allylic oxidation sites excluding steroid dienone is 1. The lowest BCUT2D eigenvalue weighted by Crippen LogP contribution is -2.25. The molecule has 0 unspecified atom stereocenters. The van der Waals surface area contributed by atoms with Gasteiger partial charge in [-0.05, 0) is 29.5 Å². The Morgan fingerprint density at radius 3 is 2.64 bits per heavy atom. The third-order valence-corrected chi connectivity index (χ3v) is 5.19. The number of anilines is 1. The minimum atomic E-state index is -0.571. The average Bonchev–Trinajstić information content (AvgIpc) is 2.67. The first-order chi connectivity index (χ1) is 13.4. The molecule has 0 saturated heterocycles. The Hall–Kier alpha value is -2.59. The summed E-state index contributed by atoms with van der Waals surface area (Å²) in [4.78, 5) is 25.2. The lowest BCUT2D eigenvalue weighted by molar-refractivity contribution is -0.124. The van der Waals surface area contributed by atoms with Gasteiger partial charge in [-0.1, -0.05) is 68.8 Å². The lowest BCUT2D eigenvalue weighted by atomic mass is 9.96. The second-order valence-electron chi connectivity index (χ2n) is 7.15. The molecule has 0 aromatic heterocycles. The number of para-hydroxylation sites is 1. The lowest BCUT2D eigenvalue weighted by Gasteiger charge is -2.25. The molecule has 1 aliphatic rings. The predicted molar refractivity (Wildman–Crippen MR) is 112 cm³/mol. The van der Waals surface area contributed by atoms with Crippen LogP contribution in [0.2, 0.25) is 5.02 Å². The number of hydrogen-bond acceptors (Lipinski definition) is 3. The Morgan fingerprint density at radius 2 is 1.96 bits per heavy atom. The van der Waals surface area contributed by atoms with E-state index in [2.05, 4.69) is 19.2 Å². The fraction of sp³-hybridized carbons (Fsp3) is 0.304. The standard InChI is InChI=1S/C23H24ClNO3/c1-4-15-8-7-10-17(14(2)3)22(15)25-23(27)21-13-16(26)12-20(28-21)18-9-5-6-11-19(18)24/h5-11,13-14,20H,4,12H2,1-3H3,(H,25,27)/t20-/m1/s1. The maximum atomic E-state index is 12.9. The third-order valence-electron chi connectivity index (χ3n) is 4.85. The molecule has 0 spiro atoms. The molecule has 4 nitrogen and oxygen atoms in total. The highest BCUT2D eigenvalue weighted by atomic mass is 35.5. The zero-order valence-corrected chi connectivity index (χ0v) is 17.0. The number of amides is 1. The first-order valence-corrected chi connectivity index (χ1v) is 9.87. The molecular weight excluding hydrogens is 374 g/mol. The minimum Gasteiger partial charge on any atom is -0.479 e. The van der Waals surface area contributed by atoms with Crippen LogP contribution in [0.25, 0.3) is 0 Å². The highest BCUT2D eigenvalue weighted by Crippen LogP contribution is 2.34. The molecule has 146 valence electrons. The summed E-state index contributed by atoms with van der Waals surface area (Å²) in [7, 11) is 0. The molecular formula is C23H24ClNO3. The Kier molecular flexibility index (Phi) is 6.20. The summed E-state index contributed by atoms with van der Waals surface area (Å²) >= 11 is 6.25. The van der Waals surface area contributed by atoms with E-state index in [9.17, 15) is 9.59 Å². The van der Waals surface area contributed by atoms with Crippen molar-refractivity contribution in [3.8, 4) is 0 Å². The summed E-state index contributed by atoms with van der Waals surface area (Å²) in [5.41, 5.74) is 3.59. The van der Waals surface area contributed by atoms with Crippen LogP contribution in [0.5, 0.6) is 0 Å². The number of nitrogens with one attached hydrogen (secondary N) is 1. The van der Waals surface area contributed by atoms with Crippen LogP contribution in [0.3, 0.4) is 0 Å². The summed E-state index contributed by atoms with van der Waals surface area (Å²) in [5.74, 6) is -0.315. The van der Waals surface area contributed by atoms with Crippen LogP contribution in [0.4, 0.5) is 5.69 Å². The molecule has 2 aromatic rings. The Morgan fingerprint density at radius 1 is 1.21 bits per heavy atom. The summed E-state index contributed by atoms with van der Waals surface area (Å²) in [6.07, 6.45) is 1.64. The van der Waals surface area contributed by atoms with Gasteiger partial charge in [-0.25, -0.2) is 0 Å². The van der Waals surface area contributed by atoms with Crippen LogP contribution in [-0.4, -0.2) is 11.7 Å². The molecule has 1 heterocycles. The van der Waals surface area contributed by atoms with Crippen LogP contribution >= 0.6 is 11.6 Å². The topological polar surface area (TPSA) is 55.4 Å². The van der Waals surface area contributed by atoms with Gasteiger partial charge in [-0.2, -0.15) is 0 Å². The van der Waals surface area contributed by atoms with Gasteiger partial charge < -0.3 is 10.1 Å². The summed E-state index contributed by atoms with van der Waals surface area (Å²) in [6.45, 7) is 6.21. The van der Waals surface area contributed by atoms with Gasteiger partial charge in [-0.3, -0.25) is 9.59 Å². The van der Waals surface area contributed by atoms with Gasteiger partial charge in [0.25, 0.3) is 5.91 Å². The van der Waals surface area contributed by atoms with Gasteiger partial charge in [0.15, 0.2) is 11.5 Å². The van der Waals surface area contributed by atoms with Crippen LogP contribution < -0.4 is 5.32 Å². The van der Waals surface area contributed by atoms with Crippen LogP contribution in [0.1, 0.15) is 55.9 Å². The van der Waals surface area contributed by atoms with E-state index in [4.69, 9.17) is 16.3 Å². The minimum absolute atomic E-state index is 0.0155. The maximum Gasteiger partial charge on any atom is 0.290 e. The number of ketones is 1. The number of ether oxygens (including phenoxy) is 1. The van der Waals surface area contributed by atoms with Gasteiger partial charge in [0.05, 0.1) is 6.42 Å². The molecule has 0 saturated carbocycles. The molecule has 3 rings (SSSR count). The van der Waals surface area contributed by atoms with E-state index in [1.54, 1.807) is 6.07 Å².